The number of anilines is 1. The SMILES string of the molecule is CC(=O)N1CC(C)Oc2ccc(-c3c(-c4ccnc(C)c4)nc4ncccn34)cc21. The van der Waals surface area contributed by atoms with E-state index in [2.05, 4.69) is 9.97 Å². The minimum Gasteiger partial charge on any atom is -0.487 e. The number of aromatic nitrogens is 4. The first kappa shape index (κ1) is 18.3. The van der Waals surface area contributed by atoms with E-state index in [4.69, 9.17) is 9.72 Å². The van der Waals surface area contributed by atoms with Gasteiger partial charge in [-0.25, -0.2) is 9.97 Å². The monoisotopic (exact) mass is 399 g/mol. The lowest BCUT2D eigenvalue weighted by atomic mass is 10.0. The van der Waals surface area contributed by atoms with Gasteiger partial charge in [0.2, 0.25) is 11.7 Å². The second-order valence-electron chi connectivity index (χ2n) is 7.53. The van der Waals surface area contributed by atoms with Gasteiger partial charge in [-0.1, -0.05) is 0 Å². The van der Waals surface area contributed by atoms with Crippen molar-refractivity contribution in [3.63, 3.8) is 0 Å². The molecule has 150 valence electrons. The van der Waals surface area contributed by atoms with Crippen LogP contribution in [-0.2, 0) is 4.79 Å². The molecule has 0 saturated carbocycles. The molecule has 1 aliphatic heterocycles. The Morgan fingerprint density at radius 3 is 2.80 bits per heavy atom. The third-order valence-corrected chi connectivity index (χ3v) is 5.24. The average molecular weight is 399 g/mol. The lowest BCUT2D eigenvalue weighted by molar-refractivity contribution is -0.117. The van der Waals surface area contributed by atoms with Crippen LogP contribution in [0, 0.1) is 6.92 Å². The molecule has 1 aliphatic rings. The summed E-state index contributed by atoms with van der Waals surface area (Å²) in [7, 11) is 0. The number of pyridine rings is 1. The average Bonchev–Trinajstić information content (AvgIpc) is 3.12. The van der Waals surface area contributed by atoms with Crippen molar-refractivity contribution in [2.45, 2.75) is 26.9 Å². The number of hydrogen-bond acceptors (Lipinski definition) is 5. The molecular weight excluding hydrogens is 378 g/mol. The van der Waals surface area contributed by atoms with Gasteiger partial charge in [-0.15, -0.1) is 0 Å². The second kappa shape index (κ2) is 6.95. The molecule has 4 heterocycles. The highest BCUT2D eigenvalue weighted by atomic mass is 16.5. The van der Waals surface area contributed by atoms with Crippen molar-refractivity contribution < 1.29 is 9.53 Å². The van der Waals surface area contributed by atoms with Crippen LogP contribution in [-0.4, -0.2) is 37.9 Å². The quantitative estimate of drug-likeness (QED) is 0.511. The Morgan fingerprint density at radius 1 is 1.13 bits per heavy atom. The van der Waals surface area contributed by atoms with E-state index >= 15 is 0 Å². The summed E-state index contributed by atoms with van der Waals surface area (Å²) in [6, 6.07) is 11.8. The van der Waals surface area contributed by atoms with E-state index < -0.39 is 0 Å². The number of aryl methyl sites for hydroxylation is 1. The van der Waals surface area contributed by atoms with Gasteiger partial charge in [0.15, 0.2) is 0 Å². The molecule has 7 heteroatoms. The summed E-state index contributed by atoms with van der Waals surface area (Å²) in [5.74, 6) is 1.32. The fraction of sp³-hybridized carbons (Fsp3) is 0.217. The summed E-state index contributed by atoms with van der Waals surface area (Å²) in [5, 5.41) is 0. The van der Waals surface area contributed by atoms with Crippen molar-refractivity contribution in [2.24, 2.45) is 0 Å². The zero-order chi connectivity index (χ0) is 20.8. The van der Waals surface area contributed by atoms with Crippen molar-refractivity contribution in [1.29, 1.82) is 0 Å². The van der Waals surface area contributed by atoms with Crippen LogP contribution in [0.15, 0.2) is 55.0 Å². The van der Waals surface area contributed by atoms with Crippen molar-refractivity contribution >= 4 is 17.4 Å². The molecule has 0 N–H and O–H groups in total. The van der Waals surface area contributed by atoms with Gasteiger partial charge in [0, 0.05) is 42.3 Å². The molecule has 3 aromatic heterocycles. The summed E-state index contributed by atoms with van der Waals surface area (Å²) < 4.78 is 7.94. The lowest BCUT2D eigenvalue weighted by Crippen LogP contribution is -2.41. The number of hydrogen-bond donors (Lipinski definition) is 0. The Labute approximate surface area is 174 Å². The standard InChI is InChI=1S/C23H21N5O2/c1-14-11-17(7-9-24-14)21-22(27-10-4-8-25-23(27)26-21)18-5-6-20-19(12-18)28(16(3)29)13-15(2)30-20/h4-12,15H,13H2,1-3H3. The van der Waals surface area contributed by atoms with Gasteiger partial charge in [0.1, 0.15) is 11.9 Å². The molecule has 30 heavy (non-hydrogen) atoms. The number of nitrogens with zero attached hydrogens (tertiary/aromatic N) is 5. The topological polar surface area (TPSA) is 72.6 Å². The smallest absolute Gasteiger partial charge is 0.234 e. The molecule has 4 aromatic rings. The maximum Gasteiger partial charge on any atom is 0.234 e. The molecular formula is C23H21N5O2. The van der Waals surface area contributed by atoms with E-state index in [1.807, 2.05) is 60.8 Å². The summed E-state index contributed by atoms with van der Waals surface area (Å²) in [4.78, 5) is 27.6. The summed E-state index contributed by atoms with van der Waals surface area (Å²) in [6.07, 6.45) is 5.41. The molecule has 0 radical (unpaired) electrons. The number of ether oxygens (including phenoxy) is 1. The molecule has 0 fully saturated rings. The third kappa shape index (κ3) is 2.99. The molecule has 0 bridgehead atoms. The Balaban J connectivity index is 1.75. The molecule has 1 atom stereocenters. The van der Waals surface area contributed by atoms with Crippen molar-refractivity contribution in [3.8, 4) is 28.3 Å². The normalized spacial score (nSPS) is 15.7. The van der Waals surface area contributed by atoms with Crippen LogP contribution in [0.1, 0.15) is 19.5 Å². The van der Waals surface area contributed by atoms with E-state index in [0.717, 1.165) is 33.9 Å². The predicted octanol–water partition coefficient (Wildman–Crippen LogP) is 3.90. The van der Waals surface area contributed by atoms with Crippen molar-refractivity contribution in [3.05, 3.63) is 60.7 Å². The van der Waals surface area contributed by atoms with Gasteiger partial charge in [-0.05, 0) is 50.2 Å². The number of benzene rings is 1. The molecule has 0 spiro atoms. The number of fused-ring (bicyclic) bond motifs is 2. The first-order valence-corrected chi connectivity index (χ1v) is 9.86. The van der Waals surface area contributed by atoms with E-state index in [-0.39, 0.29) is 12.0 Å². The summed E-state index contributed by atoms with van der Waals surface area (Å²) in [5.41, 5.74) is 5.32. The van der Waals surface area contributed by atoms with Crippen LogP contribution in [0.2, 0.25) is 0 Å². The Kier molecular flexibility index (Phi) is 4.24. The number of carbonyl (C=O) groups excluding carboxylic acids is 1. The van der Waals surface area contributed by atoms with Crippen molar-refractivity contribution in [1.82, 2.24) is 19.4 Å². The minimum absolute atomic E-state index is 0.00617. The van der Waals surface area contributed by atoms with Gasteiger partial charge in [-0.3, -0.25) is 14.2 Å². The highest BCUT2D eigenvalue weighted by Crippen LogP contribution is 2.40. The fourth-order valence-corrected chi connectivity index (χ4v) is 3.94. The highest BCUT2D eigenvalue weighted by molar-refractivity contribution is 5.95. The summed E-state index contributed by atoms with van der Waals surface area (Å²) >= 11 is 0. The van der Waals surface area contributed by atoms with Crippen LogP contribution in [0.3, 0.4) is 0 Å². The van der Waals surface area contributed by atoms with Crippen LogP contribution < -0.4 is 9.64 Å². The Bertz CT molecular complexity index is 1280. The van der Waals surface area contributed by atoms with Crippen LogP contribution in [0.4, 0.5) is 5.69 Å². The van der Waals surface area contributed by atoms with E-state index in [0.29, 0.717) is 18.1 Å². The number of carbonyl (C=O) groups is 1. The van der Waals surface area contributed by atoms with Crippen LogP contribution in [0.25, 0.3) is 28.3 Å². The predicted molar refractivity (Wildman–Crippen MR) is 115 cm³/mol. The Morgan fingerprint density at radius 2 is 2.00 bits per heavy atom. The number of rotatable bonds is 2. The van der Waals surface area contributed by atoms with E-state index in [1.165, 1.54) is 0 Å². The van der Waals surface area contributed by atoms with Crippen molar-refractivity contribution in [2.75, 3.05) is 11.4 Å². The molecule has 0 aliphatic carbocycles. The molecule has 1 aromatic carbocycles. The van der Waals surface area contributed by atoms with Crippen LogP contribution in [0.5, 0.6) is 5.75 Å². The minimum atomic E-state index is -0.0531. The zero-order valence-electron chi connectivity index (χ0n) is 17.0. The number of amides is 1. The van der Waals surface area contributed by atoms with Gasteiger partial charge in [0.25, 0.3) is 0 Å². The largest absolute Gasteiger partial charge is 0.487 e. The molecule has 7 nitrogen and oxygen atoms in total. The first-order chi connectivity index (χ1) is 14.5. The molecule has 1 unspecified atom stereocenters. The zero-order valence-corrected chi connectivity index (χ0v) is 17.0. The van der Waals surface area contributed by atoms with Crippen LogP contribution >= 0.6 is 0 Å². The van der Waals surface area contributed by atoms with Gasteiger partial charge in [-0.2, -0.15) is 0 Å². The number of imidazole rings is 1. The second-order valence-corrected chi connectivity index (χ2v) is 7.53. The molecule has 1 amide bonds. The first-order valence-electron chi connectivity index (χ1n) is 9.86. The van der Waals surface area contributed by atoms with E-state index in [9.17, 15) is 4.79 Å². The maximum atomic E-state index is 12.3. The fourth-order valence-electron chi connectivity index (χ4n) is 3.94. The maximum absolute atomic E-state index is 12.3. The summed E-state index contributed by atoms with van der Waals surface area (Å²) in [6.45, 7) is 6.03. The van der Waals surface area contributed by atoms with E-state index in [1.54, 1.807) is 24.2 Å². The highest BCUT2D eigenvalue weighted by Gasteiger charge is 2.27. The van der Waals surface area contributed by atoms with Gasteiger partial charge >= 0.3 is 0 Å². The lowest BCUT2D eigenvalue weighted by Gasteiger charge is -2.33. The molecule has 0 saturated heterocycles. The Hall–Kier alpha value is -3.74. The third-order valence-electron chi connectivity index (χ3n) is 5.24. The molecule has 5 rings (SSSR count). The van der Waals surface area contributed by atoms with Gasteiger partial charge in [0.05, 0.1) is 23.6 Å². The van der Waals surface area contributed by atoms with Gasteiger partial charge < -0.3 is 9.64 Å².